The van der Waals surface area contributed by atoms with Crippen molar-refractivity contribution < 1.29 is 9.59 Å². The number of hydrogen-bond donors (Lipinski definition) is 1. The predicted octanol–water partition coefficient (Wildman–Crippen LogP) is 2.60. The van der Waals surface area contributed by atoms with Crippen molar-refractivity contribution in [2.45, 2.75) is 52.0 Å². The molecule has 29 heavy (non-hydrogen) atoms. The van der Waals surface area contributed by atoms with Crippen molar-refractivity contribution in [1.29, 1.82) is 0 Å². The summed E-state index contributed by atoms with van der Waals surface area (Å²) < 4.78 is 0. The number of benzene rings is 1. The maximum absolute atomic E-state index is 12.9. The summed E-state index contributed by atoms with van der Waals surface area (Å²) in [6.07, 6.45) is 5.63. The number of likely N-dealkylation sites (tertiary alicyclic amines) is 1. The molecule has 0 radical (unpaired) electrons. The number of piperazine rings is 1. The number of amides is 2. The Morgan fingerprint density at radius 3 is 2.28 bits per heavy atom. The Morgan fingerprint density at radius 1 is 0.966 bits per heavy atom. The molecular weight excluding hydrogens is 364 g/mol. The molecule has 3 rings (SSSR count). The fourth-order valence-corrected chi connectivity index (χ4v) is 4.36. The van der Waals surface area contributed by atoms with Gasteiger partial charge in [-0.2, -0.15) is 0 Å². The van der Waals surface area contributed by atoms with E-state index in [2.05, 4.69) is 33.0 Å². The first-order valence-corrected chi connectivity index (χ1v) is 11.2. The van der Waals surface area contributed by atoms with Gasteiger partial charge in [0.05, 0.1) is 12.6 Å². The highest BCUT2D eigenvalue weighted by Gasteiger charge is 2.29. The number of carbonyl (C=O) groups is 2. The minimum atomic E-state index is -0.0690. The lowest BCUT2D eigenvalue weighted by molar-refractivity contribution is -0.137. The topological polar surface area (TPSA) is 55.9 Å². The van der Waals surface area contributed by atoms with Crippen molar-refractivity contribution in [1.82, 2.24) is 14.7 Å². The van der Waals surface area contributed by atoms with E-state index >= 15 is 0 Å². The Labute approximate surface area is 175 Å². The first-order valence-electron chi connectivity index (χ1n) is 11.2. The maximum Gasteiger partial charge on any atom is 0.239 e. The van der Waals surface area contributed by atoms with Crippen molar-refractivity contribution >= 4 is 17.5 Å². The zero-order chi connectivity index (χ0) is 20.6. The molecule has 2 amide bonds. The van der Waals surface area contributed by atoms with Crippen molar-refractivity contribution in [2.75, 3.05) is 51.1 Å². The Kier molecular flexibility index (Phi) is 8.07. The van der Waals surface area contributed by atoms with E-state index in [9.17, 15) is 9.59 Å². The lowest BCUT2D eigenvalue weighted by Crippen LogP contribution is -2.55. The Hall–Kier alpha value is -1.92. The smallest absolute Gasteiger partial charge is 0.239 e. The minimum absolute atomic E-state index is 0.0352. The number of anilines is 1. The van der Waals surface area contributed by atoms with Gasteiger partial charge in [0.2, 0.25) is 11.8 Å². The van der Waals surface area contributed by atoms with E-state index in [1.54, 1.807) is 0 Å². The van der Waals surface area contributed by atoms with Gasteiger partial charge in [-0.05, 0) is 37.8 Å². The largest absolute Gasteiger partial charge is 0.341 e. The molecule has 2 heterocycles. The fourth-order valence-electron chi connectivity index (χ4n) is 4.36. The van der Waals surface area contributed by atoms with Gasteiger partial charge >= 0.3 is 0 Å². The summed E-state index contributed by atoms with van der Waals surface area (Å²) in [5.74, 6) is 0.308. The van der Waals surface area contributed by atoms with Crippen LogP contribution in [0.5, 0.6) is 0 Å². The summed E-state index contributed by atoms with van der Waals surface area (Å²) in [7, 11) is 0. The lowest BCUT2D eigenvalue weighted by atomic mass is 10.1. The molecule has 2 saturated heterocycles. The van der Waals surface area contributed by atoms with Gasteiger partial charge in [0.25, 0.3) is 0 Å². The number of rotatable bonds is 6. The fraction of sp³-hybridized carbons (Fsp3) is 0.652. The molecule has 2 fully saturated rings. The molecule has 1 aromatic carbocycles. The molecule has 0 aromatic heterocycles. The van der Waals surface area contributed by atoms with Crippen LogP contribution in [0.1, 0.15) is 45.1 Å². The number of hydrogen-bond acceptors (Lipinski definition) is 4. The summed E-state index contributed by atoms with van der Waals surface area (Å²) in [4.78, 5) is 31.9. The first-order chi connectivity index (χ1) is 14.1. The number of para-hydroxylation sites is 1. The zero-order valence-corrected chi connectivity index (χ0v) is 18.0. The third kappa shape index (κ3) is 6.03. The maximum atomic E-state index is 12.9. The molecule has 0 bridgehead atoms. The standard InChI is InChI=1S/C23H36N4O2/c1-3-20-10-6-7-11-21(20)24-22(28)18-25-14-16-26(17-15-25)19(2)23(29)27-12-8-4-5-9-13-27/h6-7,10-11,19H,3-5,8-9,12-18H2,1-2H3,(H,24,28)/t19-/m1/s1. The van der Waals surface area contributed by atoms with Crippen molar-refractivity contribution in [3.63, 3.8) is 0 Å². The van der Waals surface area contributed by atoms with Gasteiger partial charge in [-0.1, -0.05) is 38.0 Å². The molecule has 160 valence electrons. The van der Waals surface area contributed by atoms with Crippen LogP contribution in [-0.2, 0) is 16.0 Å². The van der Waals surface area contributed by atoms with E-state index in [1.807, 2.05) is 25.1 Å². The average Bonchev–Trinajstić information content (AvgIpc) is 3.03. The summed E-state index contributed by atoms with van der Waals surface area (Å²) in [5, 5.41) is 3.05. The summed E-state index contributed by atoms with van der Waals surface area (Å²) in [6.45, 7) is 9.65. The van der Waals surface area contributed by atoms with E-state index in [1.165, 1.54) is 12.8 Å². The van der Waals surface area contributed by atoms with Crippen LogP contribution in [0.4, 0.5) is 5.69 Å². The summed E-state index contributed by atoms with van der Waals surface area (Å²) in [5.41, 5.74) is 2.07. The molecule has 0 saturated carbocycles. The summed E-state index contributed by atoms with van der Waals surface area (Å²) in [6, 6.07) is 7.90. The molecule has 6 heteroatoms. The molecular formula is C23H36N4O2. The number of aryl methyl sites for hydroxylation is 1. The van der Waals surface area contributed by atoms with E-state index in [-0.39, 0.29) is 17.9 Å². The molecule has 2 aliphatic heterocycles. The molecule has 6 nitrogen and oxygen atoms in total. The number of nitrogens with zero attached hydrogens (tertiary/aromatic N) is 3. The van der Waals surface area contributed by atoms with Crippen LogP contribution in [0.2, 0.25) is 0 Å². The second-order valence-electron chi connectivity index (χ2n) is 8.29. The second kappa shape index (κ2) is 10.7. The quantitative estimate of drug-likeness (QED) is 0.798. The average molecular weight is 401 g/mol. The Balaban J connectivity index is 1.44. The van der Waals surface area contributed by atoms with Gasteiger partial charge in [-0.25, -0.2) is 0 Å². The van der Waals surface area contributed by atoms with Crippen LogP contribution in [-0.4, -0.2) is 78.4 Å². The summed E-state index contributed by atoms with van der Waals surface area (Å²) >= 11 is 0. The monoisotopic (exact) mass is 400 g/mol. The molecule has 1 aromatic rings. The molecule has 0 aliphatic carbocycles. The van der Waals surface area contributed by atoms with Gasteiger partial charge < -0.3 is 10.2 Å². The van der Waals surface area contributed by atoms with Crippen LogP contribution in [0.15, 0.2) is 24.3 Å². The van der Waals surface area contributed by atoms with Crippen molar-refractivity contribution in [3.8, 4) is 0 Å². The highest BCUT2D eigenvalue weighted by Crippen LogP contribution is 2.16. The second-order valence-corrected chi connectivity index (χ2v) is 8.29. The number of carbonyl (C=O) groups excluding carboxylic acids is 2. The van der Waals surface area contributed by atoms with Crippen molar-refractivity contribution in [2.24, 2.45) is 0 Å². The van der Waals surface area contributed by atoms with Gasteiger partial charge in [0, 0.05) is 45.0 Å². The Bertz CT molecular complexity index is 677. The lowest BCUT2D eigenvalue weighted by Gasteiger charge is -2.38. The van der Waals surface area contributed by atoms with Crippen molar-refractivity contribution in [3.05, 3.63) is 29.8 Å². The van der Waals surface area contributed by atoms with Crippen LogP contribution in [0, 0.1) is 0 Å². The van der Waals surface area contributed by atoms with Crippen LogP contribution in [0.3, 0.4) is 0 Å². The van der Waals surface area contributed by atoms with Gasteiger partial charge in [-0.3, -0.25) is 19.4 Å². The zero-order valence-electron chi connectivity index (χ0n) is 18.0. The number of nitrogens with one attached hydrogen (secondary N) is 1. The molecule has 0 unspecified atom stereocenters. The molecule has 1 N–H and O–H groups in total. The van der Waals surface area contributed by atoms with Gasteiger partial charge in [0.1, 0.15) is 0 Å². The molecule has 1 atom stereocenters. The molecule has 2 aliphatic rings. The SMILES string of the molecule is CCc1ccccc1NC(=O)CN1CCN([C@H](C)C(=O)N2CCCCCC2)CC1. The minimum Gasteiger partial charge on any atom is -0.341 e. The Morgan fingerprint density at radius 2 is 1.62 bits per heavy atom. The molecule has 0 spiro atoms. The van der Waals surface area contributed by atoms with E-state index in [4.69, 9.17) is 0 Å². The van der Waals surface area contributed by atoms with Gasteiger partial charge in [0.15, 0.2) is 0 Å². The van der Waals surface area contributed by atoms with Gasteiger partial charge in [-0.15, -0.1) is 0 Å². The predicted molar refractivity (Wildman–Crippen MR) is 117 cm³/mol. The van der Waals surface area contributed by atoms with E-state index in [0.717, 1.165) is 69.8 Å². The third-order valence-corrected chi connectivity index (χ3v) is 6.27. The van der Waals surface area contributed by atoms with Crippen LogP contribution in [0.25, 0.3) is 0 Å². The van der Waals surface area contributed by atoms with E-state index < -0.39 is 0 Å². The highest BCUT2D eigenvalue weighted by atomic mass is 16.2. The highest BCUT2D eigenvalue weighted by molar-refractivity contribution is 5.93. The van der Waals surface area contributed by atoms with Crippen LogP contribution >= 0.6 is 0 Å². The van der Waals surface area contributed by atoms with Crippen LogP contribution < -0.4 is 5.32 Å². The normalized spacial score (nSPS) is 20.1. The third-order valence-electron chi connectivity index (χ3n) is 6.27. The first kappa shape index (κ1) is 21.8. The van der Waals surface area contributed by atoms with E-state index in [0.29, 0.717) is 6.54 Å².